The fourth-order valence-corrected chi connectivity index (χ4v) is 3.56. The molecule has 0 spiro atoms. The molecular formula is C21H21FN4O5. The van der Waals surface area contributed by atoms with Crippen molar-refractivity contribution in [2.75, 3.05) is 36.5 Å². The van der Waals surface area contributed by atoms with Crippen molar-refractivity contribution < 1.29 is 28.2 Å². The molecule has 3 heterocycles. The first-order valence-corrected chi connectivity index (χ1v) is 9.82. The van der Waals surface area contributed by atoms with E-state index in [1.54, 1.807) is 24.3 Å². The van der Waals surface area contributed by atoms with Gasteiger partial charge in [-0.1, -0.05) is 0 Å². The lowest BCUT2D eigenvalue weighted by Crippen LogP contribution is -2.28. The average molecular weight is 428 g/mol. The molecule has 10 heteroatoms. The minimum absolute atomic E-state index is 0.137. The van der Waals surface area contributed by atoms with E-state index < -0.39 is 18.0 Å². The van der Waals surface area contributed by atoms with Crippen molar-refractivity contribution in [3.05, 3.63) is 42.3 Å². The fourth-order valence-electron chi connectivity index (χ4n) is 3.56. The molecular weight excluding hydrogens is 407 g/mol. The number of nitrogens with zero attached hydrogens (tertiary/aromatic N) is 3. The molecule has 0 bridgehead atoms. The third-order valence-electron chi connectivity index (χ3n) is 5.23. The number of pyridine rings is 1. The highest BCUT2D eigenvalue weighted by molar-refractivity contribution is 5.93. The standard InChI is InChI=1S/C21H21FN4O5/c1-30-19(27)7-4-15-12-26(21(29)31-15)14-3-5-16(17(22)10-14)13-2-6-18(24-11-13)25-9-8-23-20(25)28/h2-3,5-6,10-11,15H,4,7-9,12H2,1H3,(H,23,28)/t15-/m0/s1. The van der Waals surface area contributed by atoms with Gasteiger partial charge in [0.15, 0.2) is 0 Å². The predicted octanol–water partition coefficient (Wildman–Crippen LogP) is 2.70. The van der Waals surface area contributed by atoms with Crippen molar-refractivity contribution in [3.8, 4) is 11.1 Å². The summed E-state index contributed by atoms with van der Waals surface area (Å²) in [6.07, 6.45) is 0.928. The van der Waals surface area contributed by atoms with Crippen molar-refractivity contribution in [3.63, 3.8) is 0 Å². The van der Waals surface area contributed by atoms with Gasteiger partial charge in [0.1, 0.15) is 17.7 Å². The summed E-state index contributed by atoms with van der Waals surface area (Å²) in [5.74, 6) is -0.403. The van der Waals surface area contributed by atoms with Crippen LogP contribution in [0.3, 0.4) is 0 Å². The second-order valence-electron chi connectivity index (χ2n) is 7.18. The van der Waals surface area contributed by atoms with Gasteiger partial charge in [-0.15, -0.1) is 0 Å². The second kappa shape index (κ2) is 8.58. The van der Waals surface area contributed by atoms with Gasteiger partial charge in [-0.05, 0) is 36.8 Å². The maximum atomic E-state index is 14.8. The molecule has 0 unspecified atom stereocenters. The number of methoxy groups -OCH3 is 1. The van der Waals surface area contributed by atoms with Crippen LogP contribution in [0, 0.1) is 5.82 Å². The average Bonchev–Trinajstić information content (AvgIpc) is 3.37. The quantitative estimate of drug-likeness (QED) is 0.710. The van der Waals surface area contributed by atoms with Crippen molar-refractivity contribution in [2.24, 2.45) is 0 Å². The van der Waals surface area contributed by atoms with Gasteiger partial charge in [0, 0.05) is 36.8 Å². The highest BCUT2D eigenvalue weighted by Gasteiger charge is 2.33. The van der Waals surface area contributed by atoms with Crippen molar-refractivity contribution in [1.82, 2.24) is 10.3 Å². The Hall–Kier alpha value is -3.69. The Balaban J connectivity index is 1.46. The highest BCUT2D eigenvalue weighted by atomic mass is 19.1. The number of amides is 3. The summed E-state index contributed by atoms with van der Waals surface area (Å²) in [6, 6.07) is 7.61. The minimum atomic E-state index is -0.586. The molecule has 2 aliphatic rings. The summed E-state index contributed by atoms with van der Waals surface area (Å²) in [4.78, 5) is 42.3. The normalized spacial score (nSPS) is 18.2. The molecule has 0 aliphatic carbocycles. The SMILES string of the molecule is COC(=O)CC[C@H]1CN(c2ccc(-c3ccc(N4CCNC4=O)nc3)c(F)c2)C(=O)O1. The molecule has 162 valence electrons. The van der Waals surface area contributed by atoms with Crippen LogP contribution < -0.4 is 15.1 Å². The van der Waals surface area contributed by atoms with Crippen molar-refractivity contribution >= 4 is 29.6 Å². The summed E-state index contributed by atoms with van der Waals surface area (Å²) in [6.45, 7) is 1.31. The first kappa shape index (κ1) is 20.6. The number of aromatic nitrogens is 1. The van der Waals surface area contributed by atoms with E-state index in [1.165, 1.54) is 29.2 Å². The summed E-state index contributed by atoms with van der Waals surface area (Å²) in [5.41, 5.74) is 1.24. The van der Waals surface area contributed by atoms with E-state index >= 15 is 0 Å². The van der Waals surface area contributed by atoms with Gasteiger partial charge < -0.3 is 14.8 Å². The van der Waals surface area contributed by atoms with Crippen LogP contribution in [0.15, 0.2) is 36.5 Å². The molecule has 2 saturated heterocycles. The summed E-state index contributed by atoms with van der Waals surface area (Å²) in [5, 5.41) is 2.70. The third-order valence-corrected chi connectivity index (χ3v) is 5.23. The maximum absolute atomic E-state index is 14.8. The lowest BCUT2D eigenvalue weighted by Gasteiger charge is -2.15. The number of hydrogen-bond acceptors (Lipinski definition) is 6. The van der Waals surface area contributed by atoms with Gasteiger partial charge in [0.25, 0.3) is 0 Å². The minimum Gasteiger partial charge on any atom is -0.469 e. The van der Waals surface area contributed by atoms with Gasteiger partial charge >= 0.3 is 18.1 Å². The number of ether oxygens (including phenoxy) is 2. The van der Waals surface area contributed by atoms with Gasteiger partial charge in [0.05, 0.1) is 19.3 Å². The van der Waals surface area contributed by atoms with E-state index in [2.05, 4.69) is 15.0 Å². The Kier molecular flexibility index (Phi) is 5.70. The highest BCUT2D eigenvalue weighted by Crippen LogP contribution is 2.30. The molecule has 31 heavy (non-hydrogen) atoms. The number of hydrogen-bond donors (Lipinski definition) is 1. The van der Waals surface area contributed by atoms with Crippen LogP contribution in [-0.4, -0.2) is 55.9 Å². The van der Waals surface area contributed by atoms with Gasteiger partial charge in [-0.25, -0.2) is 19.0 Å². The number of halogens is 1. The molecule has 2 aliphatic heterocycles. The first-order valence-electron chi connectivity index (χ1n) is 9.82. The van der Waals surface area contributed by atoms with Gasteiger partial charge in [0.2, 0.25) is 0 Å². The van der Waals surface area contributed by atoms with Crippen LogP contribution in [0.5, 0.6) is 0 Å². The lowest BCUT2D eigenvalue weighted by atomic mass is 10.1. The van der Waals surface area contributed by atoms with Gasteiger partial charge in [-0.2, -0.15) is 0 Å². The Morgan fingerprint density at radius 1 is 1.29 bits per heavy atom. The molecule has 1 N–H and O–H groups in total. The van der Waals surface area contributed by atoms with Crippen LogP contribution in [0.1, 0.15) is 12.8 Å². The van der Waals surface area contributed by atoms with Gasteiger partial charge in [-0.3, -0.25) is 14.6 Å². The van der Waals surface area contributed by atoms with Crippen LogP contribution in [-0.2, 0) is 14.3 Å². The van der Waals surface area contributed by atoms with Crippen LogP contribution in [0.25, 0.3) is 11.1 Å². The molecule has 2 fully saturated rings. The van der Waals surface area contributed by atoms with Crippen LogP contribution in [0.4, 0.5) is 25.5 Å². The smallest absolute Gasteiger partial charge is 0.414 e. The molecule has 2 aromatic rings. The third kappa shape index (κ3) is 4.27. The first-order chi connectivity index (χ1) is 15.0. The number of nitrogens with one attached hydrogen (secondary N) is 1. The summed E-state index contributed by atoms with van der Waals surface area (Å²) < 4.78 is 24.7. The molecule has 0 radical (unpaired) electrons. The summed E-state index contributed by atoms with van der Waals surface area (Å²) >= 11 is 0. The monoisotopic (exact) mass is 428 g/mol. The molecule has 1 atom stereocenters. The molecule has 9 nitrogen and oxygen atoms in total. The molecule has 3 amide bonds. The zero-order valence-electron chi connectivity index (χ0n) is 16.8. The van der Waals surface area contributed by atoms with Crippen LogP contribution in [0.2, 0.25) is 0 Å². The molecule has 4 rings (SSSR count). The number of anilines is 2. The number of urea groups is 1. The zero-order valence-corrected chi connectivity index (χ0v) is 16.8. The van der Waals surface area contributed by atoms with Crippen molar-refractivity contribution in [2.45, 2.75) is 18.9 Å². The number of carbonyl (C=O) groups is 3. The largest absolute Gasteiger partial charge is 0.469 e. The number of cyclic esters (lactones) is 1. The van der Waals surface area contributed by atoms with E-state index in [-0.39, 0.29) is 25.0 Å². The summed E-state index contributed by atoms with van der Waals surface area (Å²) in [7, 11) is 1.30. The Morgan fingerprint density at radius 2 is 2.13 bits per heavy atom. The molecule has 1 aromatic heterocycles. The number of rotatable bonds is 6. The Labute approximate surface area is 177 Å². The second-order valence-corrected chi connectivity index (χ2v) is 7.18. The number of carbonyl (C=O) groups excluding carboxylic acids is 3. The Bertz CT molecular complexity index is 1010. The van der Waals surface area contributed by atoms with E-state index in [4.69, 9.17) is 4.74 Å². The molecule has 1 aromatic carbocycles. The Morgan fingerprint density at radius 3 is 2.77 bits per heavy atom. The molecule has 0 saturated carbocycles. The van der Waals surface area contributed by atoms with Crippen LogP contribution >= 0.6 is 0 Å². The van der Waals surface area contributed by atoms with E-state index in [1.807, 2.05) is 0 Å². The lowest BCUT2D eigenvalue weighted by molar-refractivity contribution is -0.141. The fraction of sp³-hybridized carbons (Fsp3) is 0.333. The van der Waals surface area contributed by atoms with E-state index in [0.29, 0.717) is 42.1 Å². The van der Waals surface area contributed by atoms with E-state index in [9.17, 15) is 18.8 Å². The maximum Gasteiger partial charge on any atom is 0.414 e. The zero-order chi connectivity index (χ0) is 22.0. The predicted molar refractivity (Wildman–Crippen MR) is 109 cm³/mol. The van der Waals surface area contributed by atoms with E-state index in [0.717, 1.165) is 0 Å². The number of esters is 1. The number of benzene rings is 1. The van der Waals surface area contributed by atoms with Crippen molar-refractivity contribution in [1.29, 1.82) is 0 Å². The topological polar surface area (TPSA) is 101 Å².